The normalized spacial score (nSPS) is 16.2. The topological polar surface area (TPSA) is 112 Å². The summed E-state index contributed by atoms with van der Waals surface area (Å²) in [6.07, 6.45) is -0.297. The van der Waals surface area contributed by atoms with Crippen molar-refractivity contribution >= 4 is 11.9 Å². The van der Waals surface area contributed by atoms with Crippen molar-refractivity contribution < 1.29 is 32.6 Å². The molecule has 12 heteroatoms. The SMILES string of the molecule is COc1ncccc1CN1CCc2[nH]nc(C(=O)N3CCCC3)c2C1.O=C(O)C(F)(F)F. The zero-order chi connectivity index (χ0) is 23.3. The highest BCUT2D eigenvalue weighted by Crippen LogP contribution is 2.25. The van der Waals surface area contributed by atoms with E-state index in [1.165, 1.54) is 0 Å². The smallest absolute Gasteiger partial charge is 0.481 e. The zero-order valence-corrected chi connectivity index (χ0v) is 17.5. The fraction of sp³-hybridized carbons (Fsp3) is 0.500. The van der Waals surface area contributed by atoms with Crippen LogP contribution in [0.3, 0.4) is 0 Å². The molecule has 0 unspecified atom stereocenters. The van der Waals surface area contributed by atoms with Gasteiger partial charge in [-0.3, -0.25) is 14.8 Å². The lowest BCUT2D eigenvalue weighted by atomic mass is 10.0. The molecule has 2 aliphatic rings. The standard InChI is InChI=1S/C18H23N5O2.C2HF3O2/c1-25-17-13(5-4-7-19-17)11-22-10-6-15-14(12-22)16(21-20-15)18(24)23-8-2-3-9-23;3-2(4,5)1(6)7/h4-5,7H,2-3,6,8-12H2,1H3,(H,20,21);(H,6,7). The number of alkyl halides is 3. The molecule has 1 amide bonds. The Kier molecular flexibility index (Phi) is 7.33. The number of rotatable bonds is 4. The molecule has 2 aromatic heterocycles. The maximum Gasteiger partial charge on any atom is 0.490 e. The van der Waals surface area contributed by atoms with E-state index in [4.69, 9.17) is 14.6 Å². The Morgan fingerprint density at radius 1 is 1.25 bits per heavy atom. The van der Waals surface area contributed by atoms with Gasteiger partial charge in [0.05, 0.1) is 7.11 Å². The Bertz CT molecular complexity index is 957. The Balaban J connectivity index is 0.000000360. The molecule has 0 aromatic carbocycles. The highest BCUT2D eigenvalue weighted by molar-refractivity contribution is 5.94. The number of likely N-dealkylation sites (tertiary alicyclic amines) is 1. The monoisotopic (exact) mass is 455 g/mol. The Morgan fingerprint density at radius 3 is 2.56 bits per heavy atom. The number of ether oxygens (including phenoxy) is 1. The van der Waals surface area contributed by atoms with E-state index in [2.05, 4.69) is 20.1 Å². The Morgan fingerprint density at radius 2 is 1.94 bits per heavy atom. The molecule has 1 saturated heterocycles. The van der Waals surface area contributed by atoms with Gasteiger partial charge in [-0.25, -0.2) is 9.78 Å². The molecule has 4 rings (SSSR count). The molecule has 32 heavy (non-hydrogen) atoms. The second-order valence-corrected chi connectivity index (χ2v) is 7.46. The van der Waals surface area contributed by atoms with E-state index in [9.17, 15) is 18.0 Å². The Hall–Kier alpha value is -3.15. The van der Waals surface area contributed by atoms with Crippen LogP contribution < -0.4 is 4.74 Å². The minimum absolute atomic E-state index is 0.0656. The van der Waals surface area contributed by atoms with Gasteiger partial charge in [-0.2, -0.15) is 18.3 Å². The molecule has 0 bridgehead atoms. The third kappa shape index (κ3) is 5.55. The summed E-state index contributed by atoms with van der Waals surface area (Å²) in [5.74, 6) is -2.03. The first-order valence-electron chi connectivity index (χ1n) is 10.1. The molecule has 2 aliphatic heterocycles. The number of nitrogens with one attached hydrogen (secondary N) is 1. The summed E-state index contributed by atoms with van der Waals surface area (Å²) in [4.78, 5) is 30.1. The number of halogens is 3. The van der Waals surface area contributed by atoms with Crippen LogP contribution in [0.1, 0.15) is 40.2 Å². The molecule has 174 valence electrons. The predicted molar refractivity (Wildman–Crippen MR) is 106 cm³/mol. The van der Waals surface area contributed by atoms with Gasteiger partial charge in [0.25, 0.3) is 5.91 Å². The molecule has 0 aliphatic carbocycles. The second-order valence-electron chi connectivity index (χ2n) is 7.46. The maximum absolute atomic E-state index is 12.7. The molecule has 2 aromatic rings. The number of carbonyl (C=O) groups is 2. The molecule has 9 nitrogen and oxygen atoms in total. The van der Waals surface area contributed by atoms with Gasteiger partial charge < -0.3 is 14.7 Å². The average Bonchev–Trinajstić information content (AvgIpc) is 3.43. The van der Waals surface area contributed by atoms with Crippen LogP contribution in [0.2, 0.25) is 0 Å². The number of fused-ring (bicyclic) bond motifs is 1. The summed E-state index contributed by atoms with van der Waals surface area (Å²) in [5, 5.41) is 14.5. The van der Waals surface area contributed by atoms with Crippen molar-refractivity contribution in [3.8, 4) is 5.88 Å². The number of aliphatic carboxylic acids is 1. The lowest BCUT2D eigenvalue weighted by molar-refractivity contribution is -0.192. The van der Waals surface area contributed by atoms with Gasteiger partial charge in [-0.1, -0.05) is 6.07 Å². The summed E-state index contributed by atoms with van der Waals surface area (Å²) >= 11 is 0. The van der Waals surface area contributed by atoms with Gasteiger partial charge in [0.15, 0.2) is 5.69 Å². The number of carboxylic acid groups (broad SMARTS) is 1. The van der Waals surface area contributed by atoms with Crippen molar-refractivity contribution in [3.63, 3.8) is 0 Å². The number of carboxylic acids is 1. The second kappa shape index (κ2) is 9.98. The summed E-state index contributed by atoms with van der Waals surface area (Å²) in [6, 6.07) is 3.96. The third-order valence-electron chi connectivity index (χ3n) is 5.29. The van der Waals surface area contributed by atoms with Gasteiger partial charge in [-0.05, 0) is 18.9 Å². The lowest BCUT2D eigenvalue weighted by Crippen LogP contribution is -2.33. The number of H-pyrrole nitrogens is 1. The van der Waals surface area contributed by atoms with Gasteiger partial charge in [0.1, 0.15) is 0 Å². The minimum atomic E-state index is -5.08. The number of hydrogen-bond donors (Lipinski definition) is 2. The van der Waals surface area contributed by atoms with Crippen molar-refractivity contribution in [2.75, 3.05) is 26.7 Å². The number of pyridine rings is 1. The quantitative estimate of drug-likeness (QED) is 0.727. The summed E-state index contributed by atoms with van der Waals surface area (Å²) < 4.78 is 37.1. The van der Waals surface area contributed by atoms with E-state index in [0.29, 0.717) is 11.6 Å². The molecule has 0 saturated carbocycles. The van der Waals surface area contributed by atoms with Crippen LogP contribution in [0.15, 0.2) is 18.3 Å². The number of carbonyl (C=O) groups excluding carboxylic acids is 1. The molecule has 2 N–H and O–H groups in total. The van der Waals surface area contributed by atoms with Crippen molar-refractivity contribution in [2.24, 2.45) is 0 Å². The number of hydrogen-bond acceptors (Lipinski definition) is 6. The molecule has 0 radical (unpaired) electrons. The van der Waals surface area contributed by atoms with E-state index in [0.717, 1.165) is 68.8 Å². The van der Waals surface area contributed by atoms with Crippen molar-refractivity contribution in [1.29, 1.82) is 0 Å². The molecule has 0 atom stereocenters. The molecule has 1 fully saturated rings. The van der Waals surface area contributed by atoms with E-state index in [-0.39, 0.29) is 5.91 Å². The van der Waals surface area contributed by atoms with Crippen LogP contribution in [0.25, 0.3) is 0 Å². The minimum Gasteiger partial charge on any atom is -0.481 e. The van der Waals surface area contributed by atoms with Crippen molar-refractivity contribution in [1.82, 2.24) is 25.0 Å². The molecule has 0 spiro atoms. The van der Waals surface area contributed by atoms with Gasteiger partial charge in [0.2, 0.25) is 5.88 Å². The van der Waals surface area contributed by atoms with E-state index >= 15 is 0 Å². The predicted octanol–water partition coefficient (Wildman–Crippen LogP) is 2.24. The summed E-state index contributed by atoms with van der Waals surface area (Å²) in [5.41, 5.74) is 3.80. The van der Waals surface area contributed by atoms with Crippen LogP contribution in [-0.2, 0) is 24.3 Å². The largest absolute Gasteiger partial charge is 0.490 e. The van der Waals surface area contributed by atoms with Gasteiger partial charge >= 0.3 is 12.1 Å². The lowest BCUT2D eigenvalue weighted by Gasteiger charge is -2.27. The van der Waals surface area contributed by atoms with Crippen LogP contribution in [0.5, 0.6) is 5.88 Å². The van der Waals surface area contributed by atoms with Crippen LogP contribution in [0, 0.1) is 0 Å². The fourth-order valence-corrected chi connectivity index (χ4v) is 3.70. The first-order chi connectivity index (χ1) is 15.2. The number of amides is 1. The number of aromatic amines is 1. The third-order valence-corrected chi connectivity index (χ3v) is 5.29. The number of aromatic nitrogens is 3. The van der Waals surface area contributed by atoms with Crippen LogP contribution in [0.4, 0.5) is 13.2 Å². The molecular formula is C20H24F3N5O4. The fourth-order valence-electron chi connectivity index (χ4n) is 3.70. The van der Waals surface area contributed by atoms with E-state index < -0.39 is 12.1 Å². The summed E-state index contributed by atoms with van der Waals surface area (Å²) in [6.45, 7) is 4.08. The van der Waals surface area contributed by atoms with Crippen LogP contribution in [-0.4, -0.2) is 74.9 Å². The zero-order valence-electron chi connectivity index (χ0n) is 17.5. The molecule has 4 heterocycles. The van der Waals surface area contributed by atoms with Gasteiger partial charge in [0, 0.05) is 62.2 Å². The first kappa shape index (κ1) is 23.5. The average molecular weight is 455 g/mol. The molecular weight excluding hydrogens is 431 g/mol. The van der Waals surface area contributed by atoms with E-state index in [1.807, 2.05) is 17.0 Å². The number of methoxy groups -OCH3 is 1. The highest BCUT2D eigenvalue weighted by atomic mass is 19.4. The highest BCUT2D eigenvalue weighted by Gasteiger charge is 2.38. The first-order valence-corrected chi connectivity index (χ1v) is 10.1. The summed E-state index contributed by atoms with van der Waals surface area (Å²) in [7, 11) is 1.64. The van der Waals surface area contributed by atoms with E-state index in [1.54, 1.807) is 13.3 Å². The number of nitrogens with zero attached hydrogens (tertiary/aromatic N) is 4. The van der Waals surface area contributed by atoms with Gasteiger partial charge in [-0.15, -0.1) is 0 Å². The van der Waals surface area contributed by atoms with Crippen LogP contribution >= 0.6 is 0 Å². The Labute approximate surface area is 182 Å². The maximum atomic E-state index is 12.7. The van der Waals surface area contributed by atoms with Crippen molar-refractivity contribution in [3.05, 3.63) is 40.8 Å². The van der Waals surface area contributed by atoms with Crippen molar-refractivity contribution in [2.45, 2.75) is 38.5 Å².